The molecule has 94 valence electrons. The summed E-state index contributed by atoms with van der Waals surface area (Å²) >= 11 is 0. The predicted octanol–water partition coefficient (Wildman–Crippen LogP) is 2.79. The van der Waals surface area contributed by atoms with E-state index in [1.165, 1.54) is 11.1 Å². The lowest BCUT2D eigenvalue weighted by molar-refractivity contribution is -0.121. The van der Waals surface area contributed by atoms with Crippen LogP contribution in [0.2, 0.25) is 0 Å². The van der Waals surface area contributed by atoms with Gasteiger partial charge in [0.2, 0.25) is 0 Å². The van der Waals surface area contributed by atoms with Crippen LogP contribution in [0, 0.1) is 19.8 Å². The summed E-state index contributed by atoms with van der Waals surface area (Å²) in [7, 11) is 0. The van der Waals surface area contributed by atoms with Crippen LogP contribution in [0.4, 0.5) is 0 Å². The number of Topliss-reactive ketones (excluding diaryl/α,β-unsaturated/α-hetero) is 1. The molecule has 0 aliphatic carbocycles. The van der Waals surface area contributed by atoms with Gasteiger partial charge in [-0.05, 0) is 38.8 Å². The average molecular weight is 233 g/mol. The fourth-order valence-electron chi connectivity index (χ4n) is 2.13. The Morgan fingerprint density at radius 2 is 1.82 bits per heavy atom. The second-order valence-corrected chi connectivity index (χ2v) is 4.97. The van der Waals surface area contributed by atoms with Crippen LogP contribution in [0.15, 0.2) is 18.2 Å². The number of hydrogen-bond acceptors (Lipinski definition) is 2. The minimum absolute atomic E-state index is 0.124. The van der Waals surface area contributed by atoms with Crippen molar-refractivity contribution in [3.63, 3.8) is 0 Å². The Balaban J connectivity index is 2.61. The van der Waals surface area contributed by atoms with Gasteiger partial charge in [0, 0.05) is 12.3 Å². The third kappa shape index (κ3) is 4.70. The number of carbonyl (C=O) groups excluding carboxylic acids is 1. The van der Waals surface area contributed by atoms with E-state index in [4.69, 9.17) is 5.73 Å². The number of aryl methyl sites for hydroxylation is 2. The SMILES string of the molecule is Cc1cc(C)cc(CC(=O)C(C)CCCN)c1. The Labute approximate surface area is 104 Å². The number of hydrogen-bond donors (Lipinski definition) is 1. The number of carbonyl (C=O) groups is 1. The van der Waals surface area contributed by atoms with Gasteiger partial charge in [-0.3, -0.25) is 4.79 Å². The van der Waals surface area contributed by atoms with Crippen molar-refractivity contribution in [3.8, 4) is 0 Å². The summed E-state index contributed by atoms with van der Waals surface area (Å²) in [4.78, 5) is 12.0. The first-order chi connectivity index (χ1) is 8.02. The van der Waals surface area contributed by atoms with E-state index in [1.54, 1.807) is 0 Å². The van der Waals surface area contributed by atoms with Crippen molar-refractivity contribution in [3.05, 3.63) is 34.9 Å². The minimum Gasteiger partial charge on any atom is -0.330 e. The number of benzene rings is 1. The molecule has 2 N–H and O–H groups in total. The van der Waals surface area contributed by atoms with Crippen molar-refractivity contribution in [2.24, 2.45) is 11.7 Å². The van der Waals surface area contributed by atoms with Gasteiger partial charge in [-0.15, -0.1) is 0 Å². The Morgan fingerprint density at radius 1 is 1.24 bits per heavy atom. The van der Waals surface area contributed by atoms with E-state index in [0.717, 1.165) is 18.4 Å². The molecular formula is C15H23NO. The highest BCUT2D eigenvalue weighted by Crippen LogP contribution is 2.14. The lowest BCUT2D eigenvalue weighted by Crippen LogP contribution is -2.15. The Kier molecular flexibility index (Phi) is 5.36. The van der Waals surface area contributed by atoms with Crippen LogP contribution in [0.1, 0.15) is 36.5 Å². The molecule has 0 aromatic heterocycles. The predicted molar refractivity (Wildman–Crippen MR) is 72.1 cm³/mol. The minimum atomic E-state index is 0.124. The zero-order valence-electron chi connectivity index (χ0n) is 11.1. The van der Waals surface area contributed by atoms with E-state index in [0.29, 0.717) is 18.7 Å². The molecule has 1 unspecified atom stereocenters. The molecule has 1 rings (SSSR count). The molecule has 1 atom stereocenters. The molecule has 0 amide bonds. The molecule has 2 heteroatoms. The zero-order valence-corrected chi connectivity index (χ0v) is 11.1. The highest BCUT2D eigenvalue weighted by molar-refractivity contribution is 5.83. The molecular weight excluding hydrogens is 210 g/mol. The van der Waals surface area contributed by atoms with Crippen molar-refractivity contribution < 1.29 is 4.79 Å². The first kappa shape index (κ1) is 13.9. The maximum atomic E-state index is 12.0. The summed E-state index contributed by atoms with van der Waals surface area (Å²) in [6.07, 6.45) is 2.38. The maximum Gasteiger partial charge on any atom is 0.140 e. The molecule has 0 saturated heterocycles. The number of rotatable bonds is 6. The molecule has 0 aliphatic rings. The molecule has 0 heterocycles. The third-order valence-corrected chi connectivity index (χ3v) is 3.05. The molecule has 0 saturated carbocycles. The van der Waals surface area contributed by atoms with E-state index in [-0.39, 0.29) is 5.92 Å². The highest BCUT2D eigenvalue weighted by Gasteiger charge is 2.13. The van der Waals surface area contributed by atoms with Gasteiger partial charge in [-0.1, -0.05) is 36.2 Å². The van der Waals surface area contributed by atoms with Crippen LogP contribution in [0.3, 0.4) is 0 Å². The zero-order chi connectivity index (χ0) is 12.8. The number of nitrogens with two attached hydrogens (primary N) is 1. The van der Waals surface area contributed by atoms with Crippen LogP contribution in [0.25, 0.3) is 0 Å². The first-order valence-electron chi connectivity index (χ1n) is 6.33. The smallest absolute Gasteiger partial charge is 0.140 e. The van der Waals surface area contributed by atoms with E-state index < -0.39 is 0 Å². The molecule has 1 aromatic carbocycles. The molecule has 0 bridgehead atoms. The summed E-state index contributed by atoms with van der Waals surface area (Å²) in [6.45, 7) is 6.81. The van der Waals surface area contributed by atoms with Crippen molar-refractivity contribution in [2.45, 2.75) is 40.0 Å². The summed E-state index contributed by atoms with van der Waals surface area (Å²) in [6, 6.07) is 6.33. The highest BCUT2D eigenvalue weighted by atomic mass is 16.1. The quantitative estimate of drug-likeness (QED) is 0.821. The van der Waals surface area contributed by atoms with E-state index in [2.05, 4.69) is 32.0 Å². The molecule has 0 aliphatic heterocycles. The third-order valence-electron chi connectivity index (χ3n) is 3.05. The van der Waals surface area contributed by atoms with Gasteiger partial charge in [0.15, 0.2) is 0 Å². The Hall–Kier alpha value is -1.15. The summed E-state index contributed by atoms with van der Waals surface area (Å²) in [5, 5.41) is 0. The van der Waals surface area contributed by atoms with E-state index >= 15 is 0 Å². The molecule has 17 heavy (non-hydrogen) atoms. The van der Waals surface area contributed by atoms with Gasteiger partial charge in [0.1, 0.15) is 5.78 Å². The molecule has 0 radical (unpaired) electrons. The molecule has 1 aromatic rings. The average Bonchev–Trinajstić information content (AvgIpc) is 2.24. The van der Waals surface area contributed by atoms with Gasteiger partial charge >= 0.3 is 0 Å². The lowest BCUT2D eigenvalue weighted by Gasteiger charge is -2.10. The standard InChI is InChI=1S/C15H23NO/c1-11-7-12(2)9-14(8-11)10-15(17)13(3)5-4-6-16/h7-9,13H,4-6,10,16H2,1-3H3. The summed E-state index contributed by atoms with van der Waals surface area (Å²) in [5.41, 5.74) is 9.04. The van der Waals surface area contributed by atoms with Gasteiger partial charge < -0.3 is 5.73 Å². The van der Waals surface area contributed by atoms with Crippen LogP contribution < -0.4 is 5.73 Å². The monoisotopic (exact) mass is 233 g/mol. The lowest BCUT2D eigenvalue weighted by atomic mass is 9.94. The fourth-order valence-corrected chi connectivity index (χ4v) is 2.13. The largest absolute Gasteiger partial charge is 0.330 e. The van der Waals surface area contributed by atoms with Crippen LogP contribution in [-0.4, -0.2) is 12.3 Å². The van der Waals surface area contributed by atoms with Crippen molar-refractivity contribution in [2.75, 3.05) is 6.54 Å². The van der Waals surface area contributed by atoms with Crippen LogP contribution >= 0.6 is 0 Å². The topological polar surface area (TPSA) is 43.1 Å². The normalized spacial score (nSPS) is 12.5. The van der Waals surface area contributed by atoms with Gasteiger partial charge in [0.05, 0.1) is 0 Å². The second kappa shape index (κ2) is 6.55. The van der Waals surface area contributed by atoms with Gasteiger partial charge in [-0.2, -0.15) is 0 Å². The van der Waals surface area contributed by atoms with Crippen LogP contribution in [0.5, 0.6) is 0 Å². The van der Waals surface area contributed by atoms with Crippen molar-refractivity contribution in [1.29, 1.82) is 0 Å². The second-order valence-electron chi connectivity index (χ2n) is 4.97. The Morgan fingerprint density at radius 3 is 2.35 bits per heavy atom. The van der Waals surface area contributed by atoms with Gasteiger partial charge in [0.25, 0.3) is 0 Å². The molecule has 0 spiro atoms. The van der Waals surface area contributed by atoms with E-state index in [9.17, 15) is 4.79 Å². The first-order valence-corrected chi connectivity index (χ1v) is 6.33. The summed E-state index contributed by atoms with van der Waals surface area (Å²) < 4.78 is 0. The summed E-state index contributed by atoms with van der Waals surface area (Å²) in [5.74, 6) is 0.447. The van der Waals surface area contributed by atoms with Crippen LogP contribution in [-0.2, 0) is 11.2 Å². The molecule has 0 fully saturated rings. The number of ketones is 1. The van der Waals surface area contributed by atoms with Gasteiger partial charge in [-0.25, -0.2) is 0 Å². The Bertz CT molecular complexity index is 364. The van der Waals surface area contributed by atoms with Crippen molar-refractivity contribution in [1.82, 2.24) is 0 Å². The molecule has 2 nitrogen and oxygen atoms in total. The fraction of sp³-hybridized carbons (Fsp3) is 0.533. The van der Waals surface area contributed by atoms with E-state index in [1.807, 2.05) is 6.92 Å². The van der Waals surface area contributed by atoms with Crippen molar-refractivity contribution >= 4 is 5.78 Å². The maximum absolute atomic E-state index is 12.0.